The molecule has 0 N–H and O–H groups in total. The zero-order valence-electron chi connectivity index (χ0n) is 9.64. The normalized spacial score (nSPS) is 12.9. The lowest BCUT2D eigenvalue weighted by Crippen LogP contribution is -2.28. The van der Waals surface area contributed by atoms with Crippen molar-refractivity contribution in [1.82, 2.24) is 0 Å². The van der Waals surface area contributed by atoms with E-state index in [9.17, 15) is 8.42 Å². The fourth-order valence-electron chi connectivity index (χ4n) is 1.13. The Balaban J connectivity index is 3.49. The predicted octanol–water partition coefficient (Wildman–Crippen LogP) is 4.09. The molecule has 1 rings (SSSR count). The molecule has 1 aromatic rings. The summed E-state index contributed by atoms with van der Waals surface area (Å²) in [6.45, 7) is 7.01. The van der Waals surface area contributed by atoms with Gasteiger partial charge in [-0.05, 0) is 45.4 Å². The molecule has 90 valence electrons. The minimum absolute atomic E-state index is 0.337. The highest BCUT2D eigenvalue weighted by atomic mass is 79.9. The van der Waals surface area contributed by atoms with Crippen LogP contribution in [0.25, 0.3) is 0 Å². The van der Waals surface area contributed by atoms with E-state index in [-0.39, 0.29) is 0 Å². The molecule has 1 aromatic carbocycles. The fourth-order valence-corrected chi connectivity index (χ4v) is 3.87. The molecule has 0 unspecified atom stereocenters. The highest BCUT2D eigenvalue weighted by molar-refractivity contribution is 9.11. The molecule has 0 saturated carbocycles. The van der Waals surface area contributed by atoms with Crippen molar-refractivity contribution in [1.29, 1.82) is 0 Å². The lowest BCUT2D eigenvalue weighted by atomic mass is 10.2. The van der Waals surface area contributed by atoms with Crippen molar-refractivity contribution in [2.75, 3.05) is 0 Å². The average Bonchev–Trinajstić information content (AvgIpc) is 2.11. The maximum Gasteiger partial charge on any atom is 0.183 e. The zero-order valence-corrected chi connectivity index (χ0v) is 13.6. The van der Waals surface area contributed by atoms with E-state index in [1.54, 1.807) is 32.9 Å². The van der Waals surface area contributed by atoms with Gasteiger partial charge in [-0.1, -0.05) is 31.9 Å². The van der Waals surface area contributed by atoms with Crippen molar-refractivity contribution in [3.05, 3.63) is 26.6 Å². The van der Waals surface area contributed by atoms with Crippen LogP contribution in [0.2, 0.25) is 0 Å². The zero-order chi connectivity index (χ0) is 12.7. The van der Waals surface area contributed by atoms with E-state index in [0.29, 0.717) is 4.90 Å². The molecule has 0 fully saturated rings. The minimum atomic E-state index is -3.30. The summed E-state index contributed by atoms with van der Waals surface area (Å²) in [4.78, 5) is 0.337. The number of benzene rings is 1. The van der Waals surface area contributed by atoms with Gasteiger partial charge in [0.1, 0.15) is 0 Å². The van der Waals surface area contributed by atoms with Gasteiger partial charge in [0.25, 0.3) is 0 Å². The Morgan fingerprint density at radius 1 is 1.06 bits per heavy atom. The number of hydrogen-bond acceptors (Lipinski definition) is 2. The first-order chi connectivity index (χ1) is 7.07. The Morgan fingerprint density at radius 2 is 1.44 bits per heavy atom. The molecule has 0 heterocycles. The Bertz CT molecular complexity index is 490. The molecule has 2 nitrogen and oxygen atoms in total. The van der Waals surface area contributed by atoms with Gasteiger partial charge in [-0.25, -0.2) is 8.42 Å². The molecule has 5 heteroatoms. The number of hydrogen-bond donors (Lipinski definition) is 0. The quantitative estimate of drug-likeness (QED) is 0.746. The minimum Gasteiger partial charge on any atom is -0.223 e. The van der Waals surface area contributed by atoms with Gasteiger partial charge in [-0.3, -0.25) is 0 Å². The number of halogens is 2. The van der Waals surface area contributed by atoms with E-state index < -0.39 is 14.6 Å². The maximum absolute atomic E-state index is 12.2. The Labute approximate surface area is 114 Å². The van der Waals surface area contributed by atoms with Gasteiger partial charge in [-0.15, -0.1) is 0 Å². The highest BCUT2D eigenvalue weighted by Gasteiger charge is 2.31. The van der Waals surface area contributed by atoms with E-state index in [2.05, 4.69) is 31.9 Å². The fraction of sp³-hybridized carbons (Fsp3) is 0.455. The molecule has 0 saturated heterocycles. The van der Waals surface area contributed by atoms with E-state index in [1.807, 2.05) is 6.92 Å². The van der Waals surface area contributed by atoms with Crippen LogP contribution in [0.1, 0.15) is 26.3 Å². The molecule has 16 heavy (non-hydrogen) atoms. The topological polar surface area (TPSA) is 34.1 Å². The molecule has 0 aliphatic rings. The molecule has 0 aliphatic heterocycles. The van der Waals surface area contributed by atoms with E-state index >= 15 is 0 Å². The lowest BCUT2D eigenvalue weighted by molar-refractivity contribution is 0.560. The van der Waals surface area contributed by atoms with Crippen molar-refractivity contribution in [2.24, 2.45) is 0 Å². The van der Waals surface area contributed by atoms with Crippen molar-refractivity contribution in [3.63, 3.8) is 0 Å². The third-order valence-electron chi connectivity index (χ3n) is 2.37. The second-order valence-electron chi connectivity index (χ2n) is 4.63. The lowest BCUT2D eigenvalue weighted by Gasteiger charge is -2.20. The summed E-state index contributed by atoms with van der Waals surface area (Å²) in [5.41, 5.74) is 0.993. The van der Waals surface area contributed by atoms with Crippen LogP contribution in [0.15, 0.2) is 26.0 Å². The van der Waals surface area contributed by atoms with Crippen LogP contribution in [-0.4, -0.2) is 13.2 Å². The highest BCUT2D eigenvalue weighted by Crippen LogP contribution is 2.32. The Kier molecular flexibility index (Phi) is 3.92. The predicted molar refractivity (Wildman–Crippen MR) is 73.5 cm³/mol. The summed E-state index contributed by atoms with van der Waals surface area (Å²) < 4.78 is 25.3. The molecule has 0 aromatic heterocycles. The van der Waals surface area contributed by atoms with Gasteiger partial charge in [0, 0.05) is 8.95 Å². The maximum atomic E-state index is 12.2. The van der Waals surface area contributed by atoms with Crippen molar-refractivity contribution in [2.45, 2.75) is 37.3 Å². The average molecular weight is 370 g/mol. The van der Waals surface area contributed by atoms with Gasteiger partial charge in [0.05, 0.1) is 9.64 Å². The Hall–Kier alpha value is 0.130. The van der Waals surface area contributed by atoms with Crippen LogP contribution in [0, 0.1) is 6.92 Å². The smallest absolute Gasteiger partial charge is 0.183 e. The second-order valence-corrected chi connectivity index (χ2v) is 9.04. The molecular weight excluding hydrogens is 356 g/mol. The van der Waals surface area contributed by atoms with Crippen molar-refractivity contribution in [3.8, 4) is 0 Å². The van der Waals surface area contributed by atoms with Crippen LogP contribution in [0.4, 0.5) is 0 Å². The number of rotatable bonds is 1. The van der Waals surface area contributed by atoms with Gasteiger partial charge in [0.2, 0.25) is 0 Å². The van der Waals surface area contributed by atoms with Crippen LogP contribution in [0.5, 0.6) is 0 Å². The second kappa shape index (κ2) is 4.42. The summed E-state index contributed by atoms with van der Waals surface area (Å²) >= 11 is 6.72. The summed E-state index contributed by atoms with van der Waals surface area (Å²) in [5, 5.41) is 0. The van der Waals surface area contributed by atoms with Crippen molar-refractivity contribution >= 4 is 41.7 Å². The monoisotopic (exact) mass is 368 g/mol. The molecule has 0 atom stereocenters. The van der Waals surface area contributed by atoms with Crippen molar-refractivity contribution < 1.29 is 8.42 Å². The number of sulfone groups is 1. The van der Waals surface area contributed by atoms with Gasteiger partial charge >= 0.3 is 0 Å². The first-order valence-electron chi connectivity index (χ1n) is 4.77. The van der Waals surface area contributed by atoms with E-state index in [0.717, 1.165) is 14.5 Å². The first-order valence-corrected chi connectivity index (χ1v) is 7.84. The summed E-state index contributed by atoms with van der Waals surface area (Å²) in [6, 6.07) is 3.31. The SMILES string of the molecule is Cc1c(Br)cc(S(=O)(=O)C(C)(C)C)cc1Br. The largest absolute Gasteiger partial charge is 0.223 e. The molecule has 0 aliphatic carbocycles. The standard InChI is InChI=1S/C11H14Br2O2S/c1-7-9(12)5-8(6-10(7)13)16(14,15)11(2,3)4/h5-6H,1-4H3. The van der Waals surface area contributed by atoms with Crippen LogP contribution >= 0.6 is 31.9 Å². The Morgan fingerprint density at radius 3 is 1.75 bits per heavy atom. The van der Waals surface area contributed by atoms with E-state index in [4.69, 9.17) is 0 Å². The van der Waals surface area contributed by atoms with Gasteiger partial charge in [-0.2, -0.15) is 0 Å². The van der Waals surface area contributed by atoms with Gasteiger partial charge in [0.15, 0.2) is 9.84 Å². The molecule has 0 spiro atoms. The molecular formula is C11H14Br2O2S. The summed E-state index contributed by atoms with van der Waals surface area (Å²) in [6.07, 6.45) is 0. The van der Waals surface area contributed by atoms with Crippen LogP contribution < -0.4 is 0 Å². The molecule has 0 amide bonds. The summed E-state index contributed by atoms with van der Waals surface area (Å²) in [7, 11) is -3.30. The molecule has 0 radical (unpaired) electrons. The molecule has 0 bridgehead atoms. The van der Waals surface area contributed by atoms with Crippen LogP contribution in [-0.2, 0) is 9.84 Å². The third-order valence-corrected chi connectivity index (χ3v) is 6.49. The van der Waals surface area contributed by atoms with Gasteiger partial charge < -0.3 is 0 Å². The summed E-state index contributed by atoms with van der Waals surface area (Å²) in [5.74, 6) is 0. The van der Waals surface area contributed by atoms with Crippen LogP contribution in [0.3, 0.4) is 0 Å². The third kappa shape index (κ3) is 2.51. The first kappa shape index (κ1) is 14.2. The van der Waals surface area contributed by atoms with E-state index in [1.165, 1.54) is 0 Å².